The predicted molar refractivity (Wildman–Crippen MR) is 123 cm³/mol. The van der Waals surface area contributed by atoms with E-state index in [9.17, 15) is 8.42 Å². The molecule has 0 amide bonds. The first-order valence-corrected chi connectivity index (χ1v) is 11.9. The summed E-state index contributed by atoms with van der Waals surface area (Å²) >= 11 is 3.53. The standard InChI is InChI=1S/C23H25BrN2O3S/c1-17-2-4-19(5-3-17)16-29-23-11-8-21(24)14-20(23)15-26-13-12-18-6-9-22(10-7-18)30(25,27)28/h2-11,14,26H,12-13,15-16H2,1H3,(H2,25,27,28). The van der Waals surface area contributed by atoms with Crippen LogP contribution < -0.4 is 15.2 Å². The first kappa shape index (κ1) is 22.5. The van der Waals surface area contributed by atoms with Gasteiger partial charge in [-0.05, 0) is 61.3 Å². The number of hydrogen-bond acceptors (Lipinski definition) is 4. The third-order valence-corrected chi connectivity index (χ3v) is 6.12. The van der Waals surface area contributed by atoms with Crippen LogP contribution in [-0.4, -0.2) is 15.0 Å². The van der Waals surface area contributed by atoms with E-state index in [2.05, 4.69) is 58.5 Å². The summed E-state index contributed by atoms with van der Waals surface area (Å²) in [6.07, 6.45) is 0.776. The van der Waals surface area contributed by atoms with E-state index in [1.54, 1.807) is 12.1 Å². The molecule has 0 unspecified atom stereocenters. The van der Waals surface area contributed by atoms with Crippen molar-refractivity contribution in [1.82, 2.24) is 5.32 Å². The van der Waals surface area contributed by atoms with Gasteiger partial charge in [-0.3, -0.25) is 0 Å². The lowest BCUT2D eigenvalue weighted by Crippen LogP contribution is -2.17. The van der Waals surface area contributed by atoms with Crippen molar-refractivity contribution in [2.75, 3.05) is 6.54 Å². The van der Waals surface area contributed by atoms with Gasteiger partial charge in [0, 0.05) is 16.6 Å². The Balaban J connectivity index is 1.54. The highest BCUT2D eigenvalue weighted by Gasteiger charge is 2.08. The molecular weight excluding hydrogens is 464 g/mol. The summed E-state index contributed by atoms with van der Waals surface area (Å²) in [6, 6.07) is 21.0. The van der Waals surface area contributed by atoms with Crippen molar-refractivity contribution in [3.8, 4) is 5.75 Å². The SMILES string of the molecule is Cc1ccc(COc2ccc(Br)cc2CNCCc2ccc(S(N)(=O)=O)cc2)cc1. The average Bonchev–Trinajstić information content (AvgIpc) is 2.71. The largest absolute Gasteiger partial charge is 0.489 e. The summed E-state index contributed by atoms with van der Waals surface area (Å²) in [7, 11) is -3.65. The first-order chi connectivity index (χ1) is 14.3. The minimum absolute atomic E-state index is 0.128. The van der Waals surface area contributed by atoms with Gasteiger partial charge >= 0.3 is 0 Å². The molecule has 158 valence electrons. The Morgan fingerprint density at radius 3 is 2.30 bits per heavy atom. The number of aryl methyl sites for hydroxylation is 1. The highest BCUT2D eigenvalue weighted by molar-refractivity contribution is 9.10. The second-order valence-corrected chi connectivity index (χ2v) is 9.62. The van der Waals surface area contributed by atoms with Crippen LogP contribution in [0.3, 0.4) is 0 Å². The third-order valence-electron chi connectivity index (χ3n) is 4.70. The number of rotatable bonds is 9. The summed E-state index contributed by atoms with van der Waals surface area (Å²) in [5.41, 5.74) is 4.47. The fourth-order valence-electron chi connectivity index (χ4n) is 2.97. The topological polar surface area (TPSA) is 81.4 Å². The third kappa shape index (κ3) is 6.67. The quantitative estimate of drug-likeness (QED) is 0.439. The molecule has 3 aromatic carbocycles. The van der Waals surface area contributed by atoms with Crippen LogP contribution in [0, 0.1) is 6.92 Å². The molecule has 0 spiro atoms. The zero-order chi connectivity index (χ0) is 21.6. The molecule has 0 aliphatic heterocycles. The molecule has 5 nitrogen and oxygen atoms in total. The molecule has 0 fully saturated rings. The number of hydrogen-bond donors (Lipinski definition) is 2. The zero-order valence-electron chi connectivity index (χ0n) is 16.8. The molecule has 0 radical (unpaired) electrons. The number of nitrogens with one attached hydrogen (secondary N) is 1. The van der Waals surface area contributed by atoms with Crippen molar-refractivity contribution < 1.29 is 13.2 Å². The number of nitrogens with two attached hydrogens (primary N) is 1. The minimum atomic E-state index is -3.65. The van der Waals surface area contributed by atoms with E-state index in [0.717, 1.165) is 39.9 Å². The Morgan fingerprint density at radius 2 is 1.63 bits per heavy atom. The fraction of sp³-hybridized carbons (Fsp3) is 0.217. The summed E-state index contributed by atoms with van der Waals surface area (Å²) in [4.78, 5) is 0.128. The number of sulfonamides is 1. The highest BCUT2D eigenvalue weighted by Crippen LogP contribution is 2.24. The lowest BCUT2D eigenvalue weighted by molar-refractivity contribution is 0.302. The number of benzene rings is 3. The molecule has 0 aliphatic carbocycles. The van der Waals surface area contributed by atoms with Gasteiger partial charge in [0.1, 0.15) is 12.4 Å². The smallest absolute Gasteiger partial charge is 0.238 e. The Labute approximate surface area is 186 Å². The van der Waals surface area contributed by atoms with Crippen molar-refractivity contribution in [3.05, 3.63) is 93.5 Å². The van der Waals surface area contributed by atoms with E-state index >= 15 is 0 Å². The maximum absolute atomic E-state index is 11.3. The van der Waals surface area contributed by atoms with Gasteiger partial charge in [0.05, 0.1) is 4.90 Å². The van der Waals surface area contributed by atoms with Crippen molar-refractivity contribution in [2.45, 2.75) is 31.4 Å². The van der Waals surface area contributed by atoms with Crippen molar-refractivity contribution in [3.63, 3.8) is 0 Å². The van der Waals surface area contributed by atoms with E-state index in [1.165, 1.54) is 17.7 Å². The van der Waals surface area contributed by atoms with Crippen LogP contribution in [0.25, 0.3) is 0 Å². The molecule has 0 heterocycles. The Bertz CT molecular complexity index is 1080. The molecule has 3 N–H and O–H groups in total. The van der Waals surface area contributed by atoms with Gasteiger partial charge in [0.25, 0.3) is 0 Å². The Morgan fingerprint density at radius 1 is 0.967 bits per heavy atom. The van der Waals surface area contributed by atoms with Crippen LogP contribution in [0.4, 0.5) is 0 Å². The van der Waals surface area contributed by atoms with Gasteiger partial charge in [0.15, 0.2) is 0 Å². The maximum Gasteiger partial charge on any atom is 0.238 e. The molecule has 0 bridgehead atoms. The van der Waals surface area contributed by atoms with Crippen LogP contribution in [-0.2, 0) is 29.6 Å². The lowest BCUT2D eigenvalue weighted by atomic mass is 10.1. The molecule has 30 heavy (non-hydrogen) atoms. The van der Waals surface area contributed by atoms with Gasteiger partial charge in [0.2, 0.25) is 10.0 Å². The summed E-state index contributed by atoms with van der Waals surface area (Å²) < 4.78 is 29.7. The van der Waals surface area contributed by atoms with E-state index in [1.807, 2.05) is 12.1 Å². The van der Waals surface area contributed by atoms with Crippen LogP contribution >= 0.6 is 15.9 Å². The number of ether oxygens (including phenoxy) is 1. The van der Waals surface area contributed by atoms with E-state index in [0.29, 0.717) is 13.2 Å². The van der Waals surface area contributed by atoms with Gasteiger partial charge in [-0.15, -0.1) is 0 Å². The maximum atomic E-state index is 11.3. The predicted octanol–water partition coefficient (Wildman–Crippen LogP) is 4.32. The van der Waals surface area contributed by atoms with Crippen LogP contribution in [0.2, 0.25) is 0 Å². The fourth-order valence-corrected chi connectivity index (χ4v) is 3.90. The van der Waals surface area contributed by atoms with Crippen molar-refractivity contribution in [2.24, 2.45) is 5.14 Å². The number of halogens is 1. The van der Waals surface area contributed by atoms with E-state index < -0.39 is 10.0 Å². The van der Waals surface area contributed by atoms with E-state index in [4.69, 9.17) is 9.88 Å². The first-order valence-electron chi connectivity index (χ1n) is 9.60. The average molecular weight is 489 g/mol. The Kier molecular flexibility index (Phi) is 7.66. The summed E-state index contributed by atoms with van der Waals surface area (Å²) in [6.45, 7) is 4.00. The summed E-state index contributed by atoms with van der Waals surface area (Å²) in [5.74, 6) is 0.851. The normalized spacial score (nSPS) is 11.4. The second-order valence-electron chi connectivity index (χ2n) is 7.14. The zero-order valence-corrected chi connectivity index (χ0v) is 19.2. The monoisotopic (exact) mass is 488 g/mol. The molecule has 0 saturated heterocycles. The van der Waals surface area contributed by atoms with Crippen molar-refractivity contribution in [1.29, 1.82) is 0 Å². The minimum Gasteiger partial charge on any atom is -0.489 e. The molecule has 0 saturated carbocycles. The number of primary sulfonamides is 1. The second kappa shape index (κ2) is 10.2. The van der Waals surface area contributed by atoms with Crippen molar-refractivity contribution >= 4 is 26.0 Å². The van der Waals surface area contributed by atoms with Gasteiger partial charge in [-0.25, -0.2) is 13.6 Å². The van der Waals surface area contributed by atoms with Gasteiger partial charge < -0.3 is 10.1 Å². The van der Waals surface area contributed by atoms with E-state index in [-0.39, 0.29) is 4.90 Å². The summed E-state index contributed by atoms with van der Waals surface area (Å²) in [5, 5.41) is 8.56. The Hall–Kier alpha value is -2.19. The molecular formula is C23H25BrN2O3S. The lowest BCUT2D eigenvalue weighted by Gasteiger charge is -2.13. The van der Waals surface area contributed by atoms with Gasteiger partial charge in [-0.1, -0.05) is 57.9 Å². The molecule has 0 aliphatic rings. The molecule has 0 aromatic heterocycles. The molecule has 3 aromatic rings. The highest BCUT2D eigenvalue weighted by atomic mass is 79.9. The van der Waals surface area contributed by atoms with Crippen LogP contribution in [0.5, 0.6) is 5.75 Å². The molecule has 7 heteroatoms. The van der Waals surface area contributed by atoms with Crippen LogP contribution in [0.15, 0.2) is 76.1 Å². The van der Waals surface area contributed by atoms with Gasteiger partial charge in [-0.2, -0.15) is 0 Å². The van der Waals surface area contributed by atoms with Crippen LogP contribution in [0.1, 0.15) is 22.3 Å². The molecule has 0 atom stereocenters. The molecule has 3 rings (SSSR count).